The molecule has 0 heterocycles. The van der Waals surface area contributed by atoms with Crippen LogP contribution >= 0.6 is 0 Å². The van der Waals surface area contributed by atoms with Gasteiger partial charge in [-0.2, -0.15) is 0 Å². The summed E-state index contributed by atoms with van der Waals surface area (Å²) in [5, 5.41) is 27.3. The third-order valence-corrected chi connectivity index (χ3v) is 5.70. The Bertz CT molecular complexity index is 915. The summed E-state index contributed by atoms with van der Waals surface area (Å²) in [5.41, 5.74) is 21.7. The molecule has 5 atom stereocenters. The number of nitrogens with two attached hydrogens (primary N) is 4. The number of aliphatic carboxylic acids is 1. The van der Waals surface area contributed by atoms with Gasteiger partial charge < -0.3 is 54.4 Å². The lowest BCUT2D eigenvalue weighted by atomic mass is 10.0. The summed E-state index contributed by atoms with van der Waals surface area (Å²) < 4.78 is 0. The molecule has 14 N–H and O–H groups in total. The molecule has 0 aliphatic carbocycles. The molecular formula is C23H42N8O9. The summed E-state index contributed by atoms with van der Waals surface area (Å²) in [6, 6.07) is -6.93. The molecule has 6 amide bonds. The lowest BCUT2D eigenvalue weighted by molar-refractivity contribution is -0.143. The summed E-state index contributed by atoms with van der Waals surface area (Å²) in [5.74, 6) is -7.47. The van der Waals surface area contributed by atoms with Gasteiger partial charge in [-0.05, 0) is 31.7 Å². The van der Waals surface area contributed by atoms with Crippen LogP contribution < -0.4 is 44.2 Å². The molecule has 0 aliphatic heterocycles. The van der Waals surface area contributed by atoms with Crippen LogP contribution in [0.4, 0.5) is 0 Å². The maximum Gasteiger partial charge on any atom is 0.328 e. The molecular weight excluding hydrogens is 532 g/mol. The second-order valence-electron chi connectivity index (χ2n) is 9.50. The topological polar surface area (TPSA) is 312 Å². The monoisotopic (exact) mass is 574 g/mol. The molecule has 0 aliphatic rings. The van der Waals surface area contributed by atoms with E-state index in [0.29, 0.717) is 19.4 Å². The van der Waals surface area contributed by atoms with Crippen LogP contribution in [0, 0.1) is 5.92 Å². The van der Waals surface area contributed by atoms with Crippen molar-refractivity contribution in [1.82, 2.24) is 21.3 Å². The van der Waals surface area contributed by atoms with Gasteiger partial charge in [-0.25, -0.2) is 4.79 Å². The Morgan fingerprint density at radius 2 is 1.27 bits per heavy atom. The predicted octanol–water partition coefficient (Wildman–Crippen LogP) is -4.74. The van der Waals surface area contributed by atoms with Gasteiger partial charge in [-0.1, -0.05) is 20.3 Å². The molecule has 0 unspecified atom stereocenters. The second kappa shape index (κ2) is 18.5. The molecule has 0 fully saturated rings. The first-order valence-corrected chi connectivity index (χ1v) is 12.7. The molecule has 40 heavy (non-hydrogen) atoms. The fourth-order valence-corrected chi connectivity index (χ4v) is 3.39. The van der Waals surface area contributed by atoms with Crippen molar-refractivity contribution in [1.29, 1.82) is 0 Å². The van der Waals surface area contributed by atoms with Crippen molar-refractivity contribution in [2.45, 2.75) is 82.6 Å². The number of carbonyl (C=O) groups excluding carboxylic acids is 6. The lowest BCUT2D eigenvalue weighted by Crippen LogP contribution is -2.60. The molecule has 0 aromatic rings. The average Bonchev–Trinajstić information content (AvgIpc) is 2.86. The van der Waals surface area contributed by atoms with Crippen LogP contribution in [-0.4, -0.2) is 95.0 Å². The number of rotatable bonds is 20. The maximum atomic E-state index is 13.0. The molecule has 0 saturated carbocycles. The van der Waals surface area contributed by atoms with Crippen molar-refractivity contribution in [2.75, 3.05) is 13.2 Å². The summed E-state index contributed by atoms with van der Waals surface area (Å²) in [4.78, 5) is 85.3. The number of carbonyl (C=O) groups is 7. The van der Waals surface area contributed by atoms with E-state index in [1.807, 2.05) is 0 Å². The Hall–Kier alpha value is -3.83. The Labute approximate surface area is 231 Å². The SMILES string of the molecule is CC(C)[C@H](NC(=O)[C@H](CC(N)=O)NC(=O)[C@H](CCC(N)=O)NC(=O)[C@@H](N)CCCCN)C(=O)N[C@@H](CO)C(=O)O. The number of hydrogen-bond acceptors (Lipinski definition) is 10. The van der Waals surface area contributed by atoms with Gasteiger partial charge in [0.1, 0.15) is 24.2 Å². The van der Waals surface area contributed by atoms with E-state index in [9.17, 15) is 33.6 Å². The third kappa shape index (κ3) is 13.8. The van der Waals surface area contributed by atoms with Gasteiger partial charge in [0, 0.05) is 6.42 Å². The van der Waals surface area contributed by atoms with Crippen molar-refractivity contribution in [3.63, 3.8) is 0 Å². The number of unbranched alkanes of at least 4 members (excludes halogenated alkanes) is 1. The van der Waals surface area contributed by atoms with E-state index in [0.717, 1.165) is 0 Å². The number of primary amides is 2. The molecule has 228 valence electrons. The Morgan fingerprint density at radius 3 is 1.75 bits per heavy atom. The quantitative estimate of drug-likeness (QED) is 0.0615. The number of hydrogen-bond donors (Lipinski definition) is 10. The molecule has 0 radical (unpaired) electrons. The van der Waals surface area contributed by atoms with Crippen LogP contribution in [0.3, 0.4) is 0 Å². The zero-order chi connectivity index (χ0) is 31.0. The summed E-state index contributed by atoms with van der Waals surface area (Å²) in [6.45, 7) is 2.57. The number of aliphatic hydroxyl groups is 1. The standard InChI is InChI=1S/C23H42N8O9/c1-11(2)18(22(38)30-15(10-32)23(39)40)31-21(37)14(9-17(27)34)29-20(36)13(6-7-16(26)33)28-19(35)12(25)5-3-4-8-24/h11-15,18,32H,3-10,24-25H2,1-2H3,(H2,26,33)(H2,27,34)(H,28,35)(H,29,36)(H,30,38)(H,31,37)(H,39,40)/t12-,13-,14-,15-,18-/m0/s1. The zero-order valence-corrected chi connectivity index (χ0v) is 22.7. The summed E-state index contributed by atoms with van der Waals surface area (Å²) >= 11 is 0. The predicted molar refractivity (Wildman–Crippen MR) is 140 cm³/mol. The van der Waals surface area contributed by atoms with E-state index in [2.05, 4.69) is 21.3 Å². The van der Waals surface area contributed by atoms with Crippen molar-refractivity contribution < 1.29 is 43.8 Å². The first-order chi connectivity index (χ1) is 18.6. The third-order valence-electron chi connectivity index (χ3n) is 5.70. The highest BCUT2D eigenvalue weighted by Crippen LogP contribution is 2.07. The lowest BCUT2D eigenvalue weighted by Gasteiger charge is -2.27. The molecule has 0 saturated heterocycles. The van der Waals surface area contributed by atoms with E-state index in [1.165, 1.54) is 13.8 Å². The van der Waals surface area contributed by atoms with Gasteiger partial charge in [-0.3, -0.25) is 28.8 Å². The van der Waals surface area contributed by atoms with E-state index in [1.54, 1.807) is 0 Å². The minimum Gasteiger partial charge on any atom is -0.480 e. The van der Waals surface area contributed by atoms with Crippen LogP contribution in [0.25, 0.3) is 0 Å². The smallest absolute Gasteiger partial charge is 0.328 e. The zero-order valence-electron chi connectivity index (χ0n) is 22.7. The van der Waals surface area contributed by atoms with E-state index in [4.69, 9.17) is 33.1 Å². The van der Waals surface area contributed by atoms with Gasteiger partial charge in [0.15, 0.2) is 0 Å². The van der Waals surface area contributed by atoms with E-state index < -0.39 is 90.6 Å². The van der Waals surface area contributed by atoms with Crippen molar-refractivity contribution in [2.24, 2.45) is 28.9 Å². The Morgan fingerprint density at radius 1 is 0.725 bits per heavy atom. The maximum absolute atomic E-state index is 13.0. The minimum absolute atomic E-state index is 0.248. The van der Waals surface area contributed by atoms with Crippen molar-refractivity contribution in [3.8, 4) is 0 Å². The number of aliphatic hydroxyl groups excluding tert-OH is 1. The van der Waals surface area contributed by atoms with Crippen LogP contribution in [-0.2, 0) is 33.6 Å². The van der Waals surface area contributed by atoms with Crippen LogP contribution in [0.1, 0.15) is 52.4 Å². The molecule has 17 heteroatoms. The highest BCUT2D eigenvalue weighted by Gasteiger charge is 2.33. The Balaban J connectivity index is 5.74. The number of amides is 6. The van der Waals surface area contributed by atoms with Crippen LogP contribution in [0.5, 0.6) is 0 Å². The van der Waals surface area contributed by atoms with Gasteiger partial charge >= 0.3 is 5.97 Å². The fourth-order valence-electron chi connectivity index (χ4n) is 3.39. The number of carboxylic acids is 1. The van der Waals surface area contributed by atoms with Gasteiger partial charge in [0.25, 0.3) is 0 Å². The molecule has 0 spiro atoms. The summed E-state index contributed by atoms with van der Waals surface area (Å²) in [6.07, 6.45) is 0.203. The normalized spacial score (nSPS) is 14.7. The molecule has 0 rings (SSSR count). The summed E-state index contributed by atoms with van der Waals surface area (Å²) in [7, 11) is 0. The minimum atomic E-state index is -1.64. The van der Waals surface area contributed by atoms with Crippen LogP contribution in [0.2, 0.25) is 0 Å². The number of carboxylic acid groups (broad SMARTS) is 1. The molecule has 0 bridgehead atoms. The highest BCUT2D eigenvalue weighted by molar-refractivity contribution is 5.97. The van der Waals surface area contributed by atoms with Crippen molar-refractivity contribution in [3.05, 3.63) is 0 Å². The average molecular weight is 575 g/mol. The largest absolute Gasteiger partial charge is 0.480 e. The fraction of sp³-hybridized carbons (Fsp3) is 0.696. The molecule has 17 nitrogen and oxygen atoms in total. The Kier molecular flexibility index (Phi) is 16.7. The van der Waals surface area contributed by atoms with Gasteiger partial charge in [0.05, 0.1) is 19.1 Å². The van der Waals surface area contributed by atoms with E-state index in [-0.39, 0.29) is 19.3 Å². The second-order valence-corrected chi connectivity index (χ2v) is 9.50. The van der Waals surface area contributed by atoms with Crippen LogP contribution in [0.15, 0.2) is 0 Å². The van der Waals surface area contributed by atoms with Gasteiger partial charge in [0.2, 0.25) is 35.4 Å². The van der Waals surface area contributed by atoms with Gasteiger partial charge in [-0.15, -0.1) is 0 Å². The first-order valence-electron chi connectivity index (χ1n) is 12.7. The highest BCUT2D eigenvalue weighted by atomic mass is 16.4. The molecule has 0 aromatic carbocycles. The van der Waals surface area contributed by atoms with Crippen molar-refractivity contribution >= 4 is 41.4 Å². The first kappa shape index (κ1) is 36.2. The van der Waals surface area contributed by atoms with E-state index >= 15 is 0 Å². The number of nitrogens with one attached hydrogen (secondary N) is 4. The molecule has 0 aromatic heterocycles.